The molecule has 0 radical (unpaired) electrons. The van der Waals surface area contributed by atoms with Gasteiger partial charge in [-0.1, -0.05) is 6.07 Å². The number of carbonyl (C=O) groups excluding carboxylic acids is 1. The molecule has 1 aliphatic heterocycles. The predicted molar refractivity (Wildman–Crippen MR) is 104 cm³/mol. The number of fused-ring (bicyclic) bond motifs is 1. The molecule has 1 unspecified atom stereocenters. The third kappa shape index (κ3) is 2.63. The molecule has 130 valence electrons. The number of pyridine rings is 1. The summed E-state index contributed by atoms with van der Waals surface area (Å²) in [5.74, 6) is 0.556. The molecule has 26 heavy (non-hydrogen) atoms. The van der Waals surface area contributed by atoms with E-state index in [1.807, 2.05) is 23.2 Å². The maximum Gasteiger partial charge on any atom is 0.230 e. The molecule has 0 saturated heterocycles. The first-order valence-corrected chi connectivity index (χ1v) is 9.91. The minimum absolute atomic E-state index is 0.245. The van der Waals surface area contributed by atoms with E-state index in [0.717, 1.165) is 46.8 Å². The van der Waals surface area contributed by atoms with Crippen LogP contribution < -0.4 is 4.90 Å². The Morgan fingerprint density at radius 2 is 2.12 bits per heavy atom. The van der Waals surface area contributed by atoms with E-state index in [-0.39, 0.29) is 12.0 Å². The number of amides is 1. The van der Waals surface area contributed by atoms with Gasteiger partial charge in [0.1, 0.15) is 5.01 Å². The summed E-state index contributed by atoms with van der Waals surface area (Å²) in [7, 11) is 0. The molecule has 1 fully saturated rings. The maximum absolute atomic E-state index is 12.6. The molecule has 1 saturated carbocycles. The molecule has 0 N–H and O–H groups in total. The van der Waals surface area contributed by atoms with Gasteiger partial charge in [-0.3, -0.25) is 9.78 Å². The molecular formula is C21H19N3OS. The summed E-state index contributed by atoms with van der Waals surface area (Å²) in [6.07, 6.45) is 6.63. The summed E-state index contributed by atoms with van der Waals surface area (Å²) in [6.45, 7) is 2.14. The van der Waals surface area contributed by atoms with Crippen molar-refractivity contribution in [3.05, 3.63) is 53.7 Å². The van der Waals surface area contributed by atoms with E-state index in [2.05, 4.69) is 35.5 Å². The lowest BCUT2D eigenvalue weighted by molar-refractivity contribution is -0.120. The van der Waals surface area contributed by atoms with E-state index >= 15 is 0 Å². The van der Waals surface area contributed by atoms with Crippen molar-refractivity contribution in [2.45, 2.75) is 32.2 Å². The van der Waals surface area contributed by atoms with E-state index in [0.29, 0.717) is 5.91 Å². The molecule has 1 aromatic carbocycles. The van der Waals surface area contributed by atoms with Crippen LogP contribution in [0.25, 0.3) is 21.8 Å². The minimum atomic E-state index is 0.245. The Morgan fingerprint density at radius 1 is 1.23 bits per heavy atom. The number of hydrogen-bond donors (Lipinski definition) is 0. The van der Waals surface area contributed by atoms with Crippen molar-refractivity contribution in [2.75, 3.05) is 4.90 Å². The van der Waals surface area contributed by atoms with E-state index in [1.54, 1.807) is 17.5 Å². The molecule has 3 aromatic rings. The minimum Gasteiger partial charge on any atom is -0.309 e. The van der Waals surface area contributed by atoms with Crippen LogP contribution in [0.3, 0.4) is 0 Å². The molecule has 5 heteroatoms. The highest BCUT2D eigenvalue weighted by Gasteiger charge is 2.39. The van der Waals surface area contributed by atoms with Crippen molar-refractivity contribution in [1.29, 1.82) is 0 Å². The summed E-state index contributed by atoms with van der Waals surface area (Å²) < 4.78 is 0. The van der Waals surface area contributed by atoms with Gasteiger partial charge < -0.3 is 4.90 Å². The van der Waals surface area contributed by atoms with Gasteiger partial charge >= 0.3 is 0 Å². The fraction of sp³-hybridized carbons (Fsp3) is 0.286. The molecule has 5 rings (SSSR count). The van der Waals surface area contributed by atoms with Crippen LogP contribution in [0.5, 0.6) is 0 Å². The zero-order valence-corrected chi connectivity index (χ0v) is 15.4. The Balaban J connectivity index is 1.46. The molecule has 3 heterocycles. The van der Waals surface area contributed by atoms with Crippen molar-refractivity contribution in [3.63, 3.8) is 0 Å². The molecular weight excluding hydrogens is 342 g/mol. The normalized spacial score (nSPS) is 18.8. The SMILES string of the molecule is CC1Cc2cc(-c3csc(-c4cccnc4)n3)ccc2N1C(=O)C1CC1. The molecule has 4 nitrogen and oxygen atoms in total. The fourth-order valence-corrected chi connectivity index (χ4v) is 4.50. The Bertz CT molecular complexity index is 978. The van der Waals surface area contributed by atoms with Gasteiger partial charge in [-0.25, -0.2) is 4.98 Å². The number of rotatable bonds is 3. The van der Waals surface area contributed by atoms with Gasteiger partial charge in [0.15, 0.2) is 0 Å². The Kier molecular flexibility index (Phi) is 3.64. The second-order valence-corrected chi connectivity index (χ2v) is 8.02. The van der Waals surface area contributed by atoms with Crippen molar-refractivity contribution in [1.82, 2.24) is 9.97 Å². The van der Waals surface area contributed by atoms with Crippen LogP contribution in [0.15, 0.2) is 48.1 Å². The molecule has 1 atom stereocenters. The average Bonchev–Trinajstić information content (AvgIpc) is 3.30. The zero-order chi connectivity index (χ0) is 17.7. The summed E-state index contributed by atoms with van der Waals surface area (Å²) in [6, 6.07) is 10.6. The first kappa shape index (κ1) is 15.7. The molecule has 1 aliphatic carbocycles. The maximum atomic E-state index is 12.6. The predicted octanol–water partition coefficient (Wildman–Crippen LogP) is 4.56. The van der Waals surface area contributed by atoms with Gasteiger partial charge in [0.05, 0.1) is 5.69 Å². The lowest BCUT2D eigenvalue weighted by atomic mass is 10.1. The Labute approximate surface area is 156 Å². The molecule has 2 aromatic heterocycles. The van der Waals surface area contributed by atoms with Gasteiger partial charge in [-0.15, -0.1) is 11.3 Å². The number of benzene rings is 1. The molecule has 0 bridgehead atoms. The molecule has 0 spiro atoms. The lowest BCUT2D eigenvalue weighted by Gasteiger charge is -2.22. The summed E-state index contributed by atoms with van der Waals surface area (Å²) in [5.41, 5.74) is 5.47. The zero-order valence-electron chi connectivity index (χ0n) is 14.6. The summed E-state index contributed by atoms with van der Waals surface area (Å²) >= 11 is 1.63. The number of anilines is 1. The lowest BCUT2D eigenvalue weighted by Crippen LogP contribution is -2.36. The largest absolute Gasteiger partial charge is 0.309 e. The van der Waals surface area contributed by atoms with Crippen LogP contribution in [-0.4, -0.2) is 21.9 Å². The Hall–Kier alpha value is -2.53. The molecule has 1 amide bonds. The van der Waals surface area contributed by atoms with Gasteiger partial charge in [0, 0.05) is 46.5 Å². The molecule has 2 aliphatic rings. The smallest absolute Gasteiger partial charge is 0.230 e. The third-order valence-electron chi connectivity index (χ3n) is 5.17. The summed E-state index contributed by atoms with van der Waals surface area (Å²) in [4.78, 5) is 23.6. The highest BCUT2D eigenvalue weighted by Crippen LogP contribution is 2.40. The van der Waals surface area contributed by atoms with Crippen LogP contribution in [-0.2, 0) is 11.2 Å². The van der Waals surface area contributed by atoms with Crippen molar-refractivity contribution >= 4 is 22.9 Å². The van der Waals surface area contributed by atoms with E-state index in [4.69, 9.17) is 4.98 Å². The third-order valence-corrected chi connectivity index (χ3v) is 6.06. The van der Waals surface area contributed by atoms with Crippen molar-refractivity contribution in [2.24, 2.45) is 5.92 Å². The van der Waals surface area contributed by atoms with E-state index < -0.39 is 0 Å². The highest BCUT2D eigenvalue weighted by molar-refractivity contribution is 7.13. The summed E-state index contributed by atoms with van der Waals surface area (Å²) in [5, 5.41) is 3.07. The number of hydrogen-bond acceptors (Lipinski definition) is 4. The van der Waals surface area contributed by atoms with E-state index in [1.165, 1.54) is 5.56 Å². The van der Waals surface area contributed by atoms with Crippen LogP contribution in [0, 0.1) is 5.92 Å². The van der Waals surface area contributed by atoms with Gasteiger partial charge in [-0.2, -0.15) is 0 Å². The quantitative estimate of drug-likeness (QED) is 0.687. The fourth-order valence-electron chi connectivity index (χ4n) is 3.68. The van der Waals surface area contributed by atoms with Crippen LogP contribution in [0.4, 0.5) is 5.69 Å². The van der Waals surface area contributed by atoms with Crippen LogP contribution >= 0.6 is 11.3 Å². The van der Waals surface area contributed by atoms with Crippen LogP contribution in [0.1, 0.15) is 25.3 Å². The number of thiazole rings is 1. The van der Waals surface area contributed by atoms with Crippen LogP contribution in [0.2, 0.25) is 0 Å². The number of nitrogens with zero attached hydrogens (tertiary/aromatic N) is 3. The first-order valence-electron chi connectivity index (χ1n) is 9.03. The van der Waals surface area contributed by atoms with Gasteiger partial charge in [0.25, 0.3) is 0 Å². The van der Waals surface area contributed by atoms with E-state index in [9.17, 15) is 4.79 Å². The second-order valence-electron chi connectivity index (χ2n) is 7.16. The van der Waals surface area contributed by atoms with Gasteiger partial charge in [0.2, 0.25) is 5.91 Å². The Morgan fingerprint density at radius 3 is 2.88 bits per heavy atom. The standard InChI is InChI=1S/C21H19N3OS/c1-13-9-17-10-15(6-7-19(17)24(13)21(25)14-4-5-14)18-12-26-20(23-18)16-3-2-8-22-11-16/h2-3,6-8,10-14H,4-5,9H2,1H3. The topological polar surface area (TPSA) is 46.1 Å². The number of aromatic nitrogens is 2. The highest BCUT2D eigenvalue weighted by atomic mass is 32.1. The average molecular weight is 361 g/mol. The van der Waals surface area contributed by atoms with Crippen molar-refractivity contribution < 1.29 is 4.79 Å². The van der Waals surface area contributed by atoms with Gasteiger partial charge in [-0.05, 0) is 56.0 Å². The number of carbonyl (C=O) groups is 1. The first-order chi connectivity index (χ1) is 12.7. The second kappa shape index (κ2) is 6.02. The monoisotopic (exact) mass is 361 g/mol. The van der Waals surface area contributed by atoms with Crippen molar-refractivity contribution in [3.8, 4) is 21.8 Å².